The van der Waals surface area contributed by atoms with Gasteiger partial charge < -0.3 is 5.32 Å². The molecule has 1 amide bonds. The fraction of sp³-hybridized carbons (Fsp3) is 0.350. The smallest absolute Gasteiger partial charge is 0.225 e. The van der Waals surface area contributed by atoms with Gasteiger partial charge >= 0.3 is 0 Å². The molecule has 0 aromatic heterocycles. The maximum atomic E-state index is 12.3. The topological polar surface area (TPSA) is 66.5 Å². The lowest BCUT2D eigenvalue weighted by atomic mass is 10.1. The average Bonchev–Trinajstić information content (AvgIpc) is 2.56. The van der Waals surface area contributed by atoms with E-state index in [2.05, 4.69) is 5.32 Å². The van der Waals surface area contributed by atoms with Crippen molar-refractivity contribution in [2.24, 2.45) is 0 Å². The van der Waals surface area contributed by atoms with Gasteiger partial charge in [-0.25, -0.2) is 8.42 Å². The van der Waals surface area contributed by atoms with Crippen LogP contribution in [0.5, 0.6) is 0 Å². The number of nitrogens with zero attached hydrogens (tertiary/aromatic N) is 1. The zero-order chi connectivity index (χ0) is 19.3. The number of hydrogen-bond acceptors (Lipinski definition) is 3. The Balaban J connectivity index is 2.04. The molecule has 0 heterocycles. The van der Waals surface area contributed by atoms with Crippen molar-refractivity contribution < 1.29 is 13.2 Å². The first kappa shape index (κ1) is 20.1. The van der Waals surface area contributed by atoms with Crippen LogP contribution in [0.25, 0.3) is 0 Å². The Bertz CT molecular complexity index is 892. The van der Waals surface area contributed by atoms with Crippen LogP contribution in [0.1, 0.15) is 28.7 Å². The summed E-state index contributed by atoms with van der Waals surface area (Å²) in [6.45, 7) is 6.29. The van der Waals surface area contributed by atoms with Crippen LogP contribution in [-0.2, 0) is 21.4 Å². The number of amides is 1. The summed E-state index contributed by atoms with van der Waals surface area (Å²) in [5, 5.41) is 2.87. The first-order chi connectivity index (χ1) is 12.2. The molecular weight excluding hydrogens is 348 g/mol. The fourth-order valence-electron chi connectivity index (χ4n) is 2.67. The second-order valence-electron chi connectivity index (χ2n) is 6.57. The Morgan fingerprint density at radius 2 is 1.65 bits per heavy atom. The Morgan fingerprint density at radius 1 is 1.00 bits per heavy atom. The molecule has 2 aromatic carbocycles. The van der Waals surface area contributed by atoms with Crippen molar-refractivity contribution in [2.75, 3.05) is 18.1 Å². The number of benzene rings is 2. The third kappa shape index (κ3) is 5.41. The van der Waals surface area contributed by atoms with Gasteiger partial charge in [-0.05, 0) is 49.1 Å². The molecule has 0 bridgehead atoms. The fourth-order valence-corrected chi connectivity index (χ4v) is 3.46. The van der Waals surface area contributed by atoms with Gasteiger partial charge in [-0.3, -0.25) is 4.79 Å². The minimum atomic E-state index is -3.41. The summed E-state index contributed by atoms with van der Waals surface area (Å²) in [4.78, 5) is 12.3. The summed E-state index contributed by atoms with van der Waals surface area (Å²) < 4.78 is 25.6. The van der Waals surface area contributed by atoms with Gasteiger partial charge in [0.1, 0.15) is 0 Å². The normalized spacial score (nSPS) is 11.6. The molecule has 26 heavy (non-hydrogen) atoms. The number of nitrogens with one attached hydrogen (secondary N) is 1. The first-order valence-electron chi connectivity index (χ1n) is 8.54. The number of aryl methyl sites for hydroxylation is 2. The van der Waals surface area contributed by atoms with Gasteiger partial charge in [0, 0.05) is 25.2 Å². The molecule has 1 N–H and O–H groups in total. The minimum absolute atomic E-state index is 0.104. The molecule has 2 rings (SSSR count). The molecule has 0 aliphatic heterocycles. The van der Waals surface area contributed by atoms with E-state index in [9.17, 15) is 13.2 Å². The van der Waals surface area contributed by atoms with Crippen molar-refractivity contribution in [2.45, 2.75) is 33.7 Å². The highest BCUT2D eigenvalue weighted by atomic mass is 32.2. The van der Waals surface area contributed by atoms with Gasteiger partial charge in [0.25, 0.3) is 0 Å². The standard InChI is InChI=1S/C20H26N2O3S/c1-15-9-7-11-19(17(15)3)21-20(23)12-13-22(26(4,24)25)14-18-10-6-5-8-16(18)2/h5-11H,12-14H2,1-4H3,(H,21,23). The number of anilines is 1. The molecule has 0 spiro atoms. The molecule has 6 heteroatoms. The summed E-state index contributed by atoms with van der Waals surface area (Å²) in [5.74, 6) is -0.197. The van der Waals surface area contributed by atoms with E-state index >= 15 is 0 Å². The quantitative estimate of drug-likeness (QED) is 0.808. The van der Waals surface area contributed by atoms with E-state index in [-0.39, 0.29) is 25.4 Å². The third-order valence-corrected chi connectivity index (χ3v) is 5.79. The number of hydrogen-bond donors (Lipinski definition) is 1. The van der Waals surface area contributed by atoms with Crippen LogP contribution in [0.2, 0.25) is 0 Å². The van der Waals surface area contributed by atoms with E-state index in [1.807, 2.05) is 63.2 Å². The summed E-state index contributed by atoms with van der Waals surface area (Å²) in [6.07, 6.45) is 1.28. The predicted octanol–water partition coefficient (Wildman–Crippen LogP) is 3.40. The SMILES string of the molecule is Cc1ccccc1CN(CCC(=O)Nc1cccc(C)c1C)S(C)(=O)=O. The van der Waals surface area contributed by atoms with Crippen molar-refractivity contribution in [3.05, 3.63) is 64.7 Å². The van der Waals surface area contributed by atoms with Crippen molar-refractivity contribution in [3.8, 4) is 0 Å². The van der Waals surface area contributed by atoms with Gasteiger partial charge in [0.2, 0.25) is 15.9 Å². The van der Waals surface area contributed by atoms with E-state index in [4.69, 9.17) is 0 Å². The largest absolute Gasteiger partial charge is 0.326 e. The first-order valence-corrected chi connectivity index (χ1v) is 10.4. The zero-order valence-corrected chi connectivity index (χ0v) is 16.6. The zero-order valence-electron chi connectivity index (χ0n) is 15.7. The lowest BCUT2D eigenvalue weighted by molar-refractivity contribution is -0.116. The second kappa shape index (κ2) is 8.47. The highest BCUT2D eigenvalue weighted by Crippen LogP contribution is 2.18. The number of carbonyl (C=O) groups is 1. The van der Waals surface area contributed by atoms with Crippen LogP contribution in [0.4, 0.5) is 5.69 Å². The van der Waals surface area contributed by atoms with Gasteiger partial charge in [0.15, 0.2) is 0 Å². The second-order valence-corrected chi connectivity index (χ2v) is 8.55. The molecule has 0 atom stereocenters. The summed E-state index contributed by atoms with van der Waals surface area (Å²) in [7, 11) is -3.41. The van der Waals surface area contributed by atoms with E-state index in [0.29, 0.717) is 0 Å². The lowest BCUT2D eigenvalue weighted by Crippen LogP contribution is -2.32. The monoisotopic (exact) mass is 374 g/mol. The molecule has 0 saturated heterocycles. The highest BCUT2D eigenvalue weighted by Gasteiger charge is 2.19. The number of sulfonamides is 1. The molecule has 0 fully saturated rings. The molecule has 140 valence electrons. The Morgan fingerprint density at radius 3 is 2.31 bits per heavy atom. The van der Waals surface area contributed by atoms with Gasteiger partial charge in [0.05, 0.1) is 6.26 Å². The Hall–Kier alpha value is -2.18. The van der Waals surface area contributed by atoms with E-state index in [0.717, 1.165) is 27.9 Å². The third-order valence-electron chi connectivity index (χ3n) is 4.54. The van der Waals surface area contributed by atoms with Crippen LogP contribution in [0.15, 0.2) is 42.5 Å². The van der Waals surface area contributed by atoms with Crippen LogP contribution in [-0.4, -0.2) is 31.4 Å². The summed E-state index contributed by atoms with van der Waals surface area (Å²) in [5.41, 5.74) is 4.84. The number of carbonyl (C=O) groups excluding carboxylic acids is 1. The molecule has 0 saturated carbocycles. The summed E-state index contributed by atoms with van der Waals surface area (Å²) >= 11 is 0. The maximum absolute atomic E-state index is 12.3. The molecule has 0 aliphatic rings. The molecule has 0 aliphatic carbocycles. The molecule has 0 radical (unpaired) electrons. The minimum Gasteiger partial charge on any atom is -0.326 e. The maximum Gasteiger partial charge on any atom is 0.225 e. The lowest BCUT2D eigenvalue weighted by Gasteiger charge is -2.21. The van der Waals surface area contributed by atoms with Crippen molar-refractivity contribution in [3.63, 3.8) is 0 Å². The van der Waals surface area contributed by atoms with E-state index < -0.39 is 10.0 Å². The van der Waals surface area contributed by atoms with Crippen molar-refractivity contribution in [1.82, 2.24) is 4.31 Å². The predicted molar refractivity (Wildman–Crippen MR) is 106 cm³/mol. The molecular formula is C20H26N2O3S. The van der Waals surface area contributed by atoms with Gasteiger partial charge in [-0.1, -0.05) is 36.4 Å². The number of rotatable bonds is 7. The summed E-state index contributed by atoms with van der Waals surface area (Å²) in [6, 6.07) is 13.4. The van der Waals surface area contributed by atoms with Crippen molar-refractivity contribution in [1.29, 1.82) is 0 Å². The van der Waals surface area contributed by atoms with Crippen LogP contribution < -0.4 is 5.32 Å². The van der Waals surface area contributed by atoms with Gasteiger partial charge in [-0.2, -0.15) is 4.31 Å². The average molecular weight is 375 g/mol. The van der Waals surface area contributed by atoms with Crippen molar-refractivity contribution >= 4 is 21.6 Å². The van der Waals surface area contributed by atoms with E-state index in [1.165, 1.54) is 10.6 Å². The highest BCUT2D eigenvalue weighted by molar-refractivity contribution is 7.88. The Kier molecular flexibility index (Phi) is 6.56. The van der Waals surface area contributed by atoms with Crippen LogP contribution >= 0.6 is 0 Å². The van der Waals surface area contributed by atoms with Crippen LogP contribution in [0.3, 0.4) is 0 Å². The molecule has 0 unspecified atom stereocenters. The van der Waals surface area contributed by atoms with Crippen LogP contribution in [0, 0.1) is 20.8 Å². The van der Waals surface area contributed by atoms with E-state index in [1.54, 1.807) is 0 Å². The Labute approximate surface area is 156 Å². The van der Waals surface area contributed by atoms with Gasteiger partial charge in [-0.15, -0.1) is 0 Å². The molecule has 5 nitrogen and oxygen atoms in total. The molecule has 2 aromatic rings.